The number of fused-ring (bicyclic) bond motifs is 1. The van der Waals surface area contributed by atoms with Gasteiger partial charge in [-0.15, -0.1) is 0 Å². The van der Waals surface area contributed by atoms with Crippen LogP contribution in [-0.2, 0) is 20.8 Å². The maximum atomic E-state index is 12.5. The molecule has 7 N–H and O–H groups in total. The predicted molar refractivity (Wildman–Crippen MR) is 171 cm³/mol. The van der Waals surface area contributed by atoms with E-state index < -0.39 is 6.10 Å². The molecule has 46 heavy (non-hydrogen) atoms. The molecule has 12 nitrogen and oxygen atoms in total. The van der Waals surface area contributed by atoms with Gasteiger partial charge in [-0.05, 0) is 88.1 Å². The summed E-state index contributed by atoms with van der Waals surface area (Å²) in [4.78, 5) is 38.9. The van der Waals surface area contributed by atoms with Gasteiger partial charge < -0.3 is 41.3 Å². The number of amides is 3. The van der Waals surface area contributed by atoms with Gasteiger partial charge in [-0.25, -0.2) is 0 Å². The molecule has 2 aromatic carbocycles. The van der Waals surface area contributed by atoms with E-state index in [1.54, 1.807) is 6.07 Å². The Morgan fingerprint density at radius 2 is 1.93 bits per heavy atom. The number of phenols is 1. The van der Waals surface area contributed by atoms with Gasteiger partial charge in [0.25, 0.3) is 5.91 Å². The molecule has 3 amide bonds. The number of phenolic OH excluding ortho intramolecular Hbond substituents is 1. The Kier molecular flexibility index (Phi) is 8.99. The van der Waals surface area contributed by atoms with Gasteiger partial charge in [0.05, 0.1) is 18.8 Å². The van der Waals surface area contributed by atoms with Gasteiger partial charge in [-0.1, -0.05) is 12.1 Å². The molecule has 6 unspecified atom stereocenters. The van der Waals surface area contributed by atoms with E-state index in [0.717, 1.165) is 31.2 Å². The van der Waals surface area contributed by atoms with Crippen LogP contribution in [0, 0.1) is 5.92 Å². The van der Waals surface area contributed by atoms with Crippen molar-refractivity contribution in [1.29, 1.82) is 0 Å². The van der Waals surface area contributed by atoms with Crippen LogP contribution in [0.25, 0.3) is 0 Å². The Hall–Kier alpha value is -3.71. The Morgan fingerprint density at radius 1 is 1.15 bits per heavy atom. The van der Waals surface area contributed by atoms with Gasteiger partial charge in [0, 0.05) is 47.9 Å². The van der Waals surface area contributed by atoms with E-state index >= 15 is 0 Å². The van der Waals surface area contributed by atoms with Crippen LogP contribution < -0.4 is 26.0 Å². The summed E-state index contributed by atoms with van der Waals surface area (Å²) in [6.45, 7) is 4.91. The third kappa shape index (κ3) is 6.71. The molecule has 3 fully saturated rings. The summed E-state index contributed by atoms with van der Waals surface area (Å²) in [7, 11) is 0. The van der Waals surface area contributed by atoms with Crippen molar-refractivity contribution < 1.29 is 34.4 Å². The van der Waals surface area contributed by atoms with Gasteiger partial charge >= 0.3 is 0 Å². The minimum Gasteiger partial charge on any atom is -0.506 e. The van der Waals surface area contributed by atoms with E-state index in [4.69, 9.17) is 4.74 Å². The van der Waals surface area contributed by atoms with Crippen LogP contribution in [0.1, 0.15) is 69.6 Å². The number of carbonyl (C=O) groups excluding carboxylic acids is 3. The Balaban J connectivity index is 0.895. The van der Waals surface area contributed by atoms with Crippen molar-refractivity contribution in [2.24, 2.45) is 5.92 Å². The molecule has 12 heteroatoms. The van der Waals surface area contributed by atoms with Crippen molar-refractivity contribution in [3.8, 4) is 11.5 Å². The van der Waals surface area contributed by atoms with E-state index in [9.17, 15) is 29.7 Å². The fraction of sp³-hybridized carbons (Fsp3) is 0.559. The number of anilines is 2. The fourth-order valence-electron chi connectivity index (χ4n) is 7.64. The predicted octanol–water partition coefficient (Wildman–Crippen LogP) is 2.19. The highest BCUT2D eigenvalue weighted by Gasteiger charge is 2.72. The number of nitrogens with zero attached hydrogens (tertiary/aromatic N) is 1. The number of hydrogen-bond donors (Lipinski definition) is 7. The largest absolute Gasteiger partial charge is 0.506 e. The van der Waals surface area contributed by atoms with Crippen LogP contribution in [-0.4, -0.2) is 87.4 Å². The number of ether oxygens (including phenoxy) is 1. The molecule has 6 atom stereocenters. The maximum absolute atomic E-state index is 12.5. The van der Waals surface area contributed by atoms with Gasteiger partial charge in [0.2, 0.25) is 11.8 Å². The molecule has 6 rings (SSSR count). The molecule has 0 radical (unpaired) electrons. The summed E-state index contributed by atoms with van der Waals surface area (Å²) >= 11 is 0. The number of likely N-dealkylation sites (tertiary alicyclic amines) is 1. The third-order valence-corrected chi connectivity index (χ3v) is 10.1. The van der Waals surface area contributed by atoms with Crippen LogP contribution in [0.3, 0.4) is 0 Å². The number of rotatable bonds is 13. The average molecular weight is 636 g/mol. The van der Waals surface area contributed by atoms with Crippen LogP contribution >= 0.6 is 0 Å². The highest BCUT2D eigenvalue weighted by Crippen LogP contribution is 2.64. The smallest absolute Gasteiger partial charge is 0.262 e. The highest BCUT2D eigenvalue weighted by molar-refractivity contribution is 5.97. The lowest BCUT2D eigenvalue weighted by atomic mass is 9.64. The number of aromatic hydroxyl groups is 1. The third-order valence-electron chi connectivity index (χ3n) is 10.1. The van der Waals surface area contributed by atoms with Crippen molar-refractivity contribution in [2.45, 2.75) is 88.1 Å². The summed E-state index contributed by atoms with van der Waals surface area (Å²) in [5.74, 6) is 0.182. The number of hydrogen-bond acceptors (Lipinski definition) is 9. The zero-order valence-corrected chi connectivity index (χ0v) is 26.5. The zero-order valence-electron chi connectivity index (χ0n) is 26.5. The van der Waals surface area contributed by atoms with E-state index in [1.807, 2.05) is 38.1 Å². The SMILES string of the molecule is CC(C)(Cc1ccc(NC(=O)CCCNC(=O)CN2C3CC(O)CC4CCC432)cc1)NCC(O)c1ccc(O)c2c1OCC(=O)N2. The van der Waals surface area contributed by atoms with Gasteiger partial charge in [-0.2, -0.15) is 0 Å². The molecule has 2 aliphatic carbocycles. The van der Waals surface area contributed by atoms with Crippen molar-refractivity contribution in [3.63, 3.8) is 0 Å². The van der Waals surface area contributed by atoms with Crippen LogP contribution in [0.2, 0.25) is 0 Å². The monoisotopic (exact) mass is 635 g/mol. The molecular formula is C34H45N5O7. The molecule has 1 spiro atoms. The Morgan fingerprint density at radius 3 is 2.67 bits per heavy atom. The second kappa shape index (κ2) is 12.8. The molecule has 2 heterocycles. The highest BCUT2D eigenvalue weighted by atomic mass is 16.5. The first-order chi connectivity index (χ1) is 21.9. The number of benzene rings is 2. The Bertz CT molecular complexity index is 1480. The van der Waals surface area contributed by atoms with Gasteiger partial charge in [0.15, 0.2) is 12.4 Å². The number of β-amino-alcohol motifs (C(OH)–C–C–N with tert-alkyl or cyclic N) is 1. The molecule has 4 aliphatic rings. The molecule has 0 bridgehead atoms. The first kappa shape index (κ1) is 32.2. The van der Waals surface area contributed by atoms with E-state index in [2.05, 4.69) is 26.2 Å². The van der Waals surface area contributed by atoms with Gasteiger partial charge in [-0.3, -0.25) is 19.3 Å². The second-order valence-corrected chi connectivity index (χ2v) is 13.9. The van der Waals surface area contributed by atoms with Crippen LogP contribution in [0.4, 0.5) is 11.4 Å². The van der Waals surface area contributed by atoms with Crippen LogP contribution in [0.15, 0.2) is 36.4 Å². The average Bonchev–Trinajstić information content (AvgIpc) is 3.65. The first-order valence-corrected chi connectivity index (χ1v) is 16.3. The lowest BCUT2D eigenvalue weighted by molar-refractivity contribution is -0.122. The molecule has 2 saturated carbocycles. The maximum Gasteiger partial charge on any atom is 0.262 e. The van der Waals surface area contributed by atoms with Crippen molar-refractivity contribution in [1.82, 2.24) is 15.5 Å². The van der Waals surface area contributed by atoms with E-state index in [1.165, 1.54) is 6.07 Å². The summed E-state index contributed by atoms with van der Waals surface area (Å²) in [5.41, 5.74) is 2.18. The number of nitrogens with one attached hydrogen (secondary N) is 4. The second-order valence-electron chi connectivity index (χ2n) is 13.9. The van der Waals surface area contributed by atoms with Gasteiger partial charge in [0.1, 0.15) is 11.4 Å². The summed E-state index contributed by atoms with van der Waals surface area (Å²) in [6, 6.07) is 11.0. The minimum absolute atomic E-state index is 0.0184. The van der Waals surface area contributed by atoms with Crippen molar-refractivity contribution >= 4 is 29.1 Å². The van der Waals surface area contributed by atoms with E-state index in [0.29, 0.717) is 55.6 Å². The standard InChI is InChI=1S/C34H45N5O7/c1-33(2,36-17-26(42)24-9-10-25(41)31-32(24)46-19-30(45)38-31)16-20-5-7-22(8-6-20)37-28(43)4-3-13-35-29(44)18-39-27-15-23(40)14-21-11-12-34(21,27)39/h5-10,21,23,26-27,36,40-42H,3-4,11-19H2,1-2H3,(H,35,44)(H,37,43)(H,38,45). The normalized spacial score (nSPS) is 26.7. The summed E-state index contributed by atoms with van der Waals surface area (Å²) < 4.78 is 5.50. The molecule has 2 aliphatic heterocycles. The number of aliphatic hydroxyl groups is 2. The molecule has 248 valence electrons. The summed E-state index contributed by atoms with van der Waals surface area (Å²) in [5, 5.41) is 42.9. The summed E-state index contributed by atoms with van der Waals surface area (Å²) in [6.07, 6.45) is 4.24. The van der Waals surface area contributed by atoms with Crippen LogP contribution in [0.5, 0.6) is 11.5 Å². The van der Waals surface area contributed by atoms with Crippen molar-refractivity contribution in [3.05, 3.63) is 47.5 Å². The lowest BCUT2D eigenvalue weighted by Gasteiger charge is -2.42. The molecule has 2 aromatic rings. The molecule has 1 saturated heterocycles. The fourth-order valence-corrected chi connectivity index (χ4v) is 7.64. The van der Waals surface area contributed by atoms with E-state index in [-0.39, 0.29) is 65.2 Å². The topological polar surface area (TPSA) is 172 Å². The number of carbonyl (C=O) groups is 3. The number of aliphatic hydroxyl groups excluding tert-OH is 2. The zero-order chi connectivity index (χ0) is 32.6. The molecular weight excluding hydrogens is 590 g/mol. The Labute approximate surface area is 268 Å². The minimum atomic E-state index is -0.931. The lowest BCUT2D eigenvalue weighted by Crippen LogP contribution is -2.46. The first-order valence-electron chi connectivity index (χ1n) is 16.3. The van der Waals surface area contributed by atoms with Crippen molar-refractivity contribution in [2.75, 3.05) is 36.9 Å². The quantitative estimate of drug-likeness (QED) is 0.0990. The molecule has 0 aromatic heterocycles.